The quantitative estimate of drug-likeness (QED) is 0.262. The van der Waals surface area contributed by atoms with Crippen molar-refractivity contribution in [1.29, 1.82) is 0 Å². The van der Waals surface area contributed by atoms with Gasteiger partial charge in [-0.05, 0) is 25.0 Å². The van der Waals surface area contributed by atoms with Crippen molar-refractivity contribution in [2.24, 2.45) is 5.10 Å². The lowest BCUT2D eigenvalue weighted by atomic mass is 10.2. The molecule has 0 bridgehead atoms. The van der Waals surface area contributed by atoms with Crippen LogP contribution in [-0.4, -0.2) is 80.7 Å². The average molecular weight is 472 g/mol. The summed E-state index contributed by atoms with van der Waals surface area (Å²) in [6.45, 7) is 5.87. The molecule has 34 heavy (non-hydrogen) atoms. The van der Waals surface area contributed by atoms with E-state index in [4.69, 9.17) is 23.9 Å². The van der Waals surface area contributed by atoms with Crippen LogP contribution in [0.4, 0.5) is 17.8 Å². The second-order valence-electron chi connectivity index (χ2n) is 7.77. The zero-order chi connectivity index (χ0) is 23.9. The predicted octanol–water partition coefficient (Wildman–Crippen LogP) is 1.70. The topological polar surface area (TPSA) is 124 Å². The minimum Gasteiger partial charge on any atom is -0.493 e. The number of benzene rings is 1. The molecule has 0 spiro atoms. The second-order valence-corrected chi connectivity index (χ2v) is 7.77. The molecule has 1 N–H and O–H groups in total. The average Bonchev–Trinajstić information content (AvgIpc) is 3.40. The highest BCUT2D eigenvalue weighted by Gasteiger charge is 2.21. The second kappa shape index (κ2) is 11.0. The highest BCUT2D eigenvalue weighted by molar-refractivity contribution is 5.83. The van der Waals surface area contributed by atoms with Gasteiger partial charge in [0.25, 0.3) is 0 Å². The summed E-state index contributed by atoms with van der Waals surface area (Å²) in [5.41, 5.74) is 3.58. The van der Waals surface area contributed by atoms with Crippen molar-refractivity contribution in [3.05, 3.63) is 17.7 Å². The highest BCUT2D eigenvalue weighted by Crippen LogP contribution is 2.38. The van der Waals surface area contributed by atoms with Gasteiger partial charge >= 0.3 is 5.97 Å². The number of carbonyl (C=O) groups excluding carboxylic acids is 1. The Labute approximate surface area is 197 Å². The summed E-state index contributed by atoms with van der Waals surface area (Å²) in [4.78, 5) is 29.5. The molecule has 1 aromatic carbocycles. The normalized spacial score (nSPS) is 16.1. The number of rotatable bonds is 8. The SMILES string of the molecule is COc1cc(/C=N\Nc2nc(N3CCCC3)nc(N3CCOCC3)n2)cc(OC)c1OC(C)=O. The summed E-state index contributed by atoms with van der Waals surface area (Å²) < 4.78 is 21.4. The third kappa shape index (κ3) is 5.63. The molecule has 0 amide bonds. The van der Waals surface area contributed by atoms with Gasteiger partial charge in [-0.15, -0.1) is 0 Å². The summed E-state index contributed by atoms with van der Waals surface area (Å²) in [6.07, 6.45) is 3.81. The van der Waals surface area contributed by atoms with Crippen molar-refractivity contribution in [3.63, 3.8) is 0 Å². The van der Waals surface area contributed by atoms with E-state index in [0.717, 1.165) is 39.0 Å². The zero-order valence-corrected chi connectivity index (χ0v) is 19.6. The van der Waals surface area contributed by atoms with Crippen molar-refractivity contribution in [2.45, 2.75) is 19.8 Å². The van der Waals surface area contributed by atoms with E-state index in [1.807, 2.05) is 0 Å². The third-order valence-corrected chi connectivity index (χ3v) is 5.40. The molecule has 4 rings (SSSR count). The van der Waals surface area contributed by atoms with Gasteiger partial charge in [-0.25, -0.2) is 5.43 Å². The number of hydrogen-bond donors (Lipinski definition) is 1. The number of carbonyl (C=O) groups is 1. The van der Waals surface area contributed by atoms with Gasteiger partial charge in [0.2, 0.25) is 23.6 Å². The summed E-state index contributed by atoms with van der Waals surface area (Å²) in [5, 5.41) is 4.30. The molecule has 2 aromatic rings. The lowest BCUT2D eigenvalue weighted by molar-refractivity contribution is -0.132. The molecular formula is C22H29N7O5. The van der Waals surface area contributed by atoms with Crippen molar-refractivity contribution in [2.75, 3.05) is 68.8 Å². The van der Waals surface area contributed by atoms with Crippen molar-refractivity contribution in [3.8, 4) is 17.2 Å². The fourth-order valence-electron chi connectivity index (χ4n) is 3.75. The van der Waals surface area contributed by atoms with Gasteiger partial charge in [0.05, 0.1) is 33.6 Å². The van der Waals surface area contributed by atoms with E-state index >= 15 is 0 Å². The summed E-state index contributed by atoms with van der Waals surface area (Å²) in [5.74, 6) is 2.03. The van der Waals surface area contributed by atoms with Crippen LogP contribution in [0, 0.1) is 0 Å². The Morgan fingerprint density at radius 2 is 1.59 bits per heavy atom. The maximum absolute atomic E-state index is 11.4. The van der Waals surface area contributed by atoms with E-state index in [1.165, 1.54) is 21.1 Å². The summed E-state index contributed by atoms with van der Waals surface area (Å²) in [6, 6.07) is 3.38. The minimum atomic E-state index is -0.473. The molecule has 3 heterocycles. The zero-order valence-electron chi connectivity index (χ0n) is 19.6. The van der Waals surface area contributed by atoms with Crippen LogP contribution >= 0.6 is 0 Å². The van der Waals surface area contributed by atoms with Crippen LogP contribution in [-0.2, 0) is 9.53 Å². The first kappa shape index (κ1) is 23.5. The minimum absolute atomic E-state index is 0.213. The monoisotopic (exact) mass is 471 g/mol. The van der Waals surface area contributed by atoms with Crippen LogP contribution in [0.2, 0.25) is 0 Å². The molecule has 2 saturated heterocycles. The Bertz CT molecular complexity index is 1010. The predicted molar refractivity (Wildman–Crippen MR) is 126 cm³/mol. The molecule has 2 aliphatic rings. The van der Waals surface area contributed by atoms with E-state index in [1.54, 1.807) is 18.3 Å². The molecule has 12 nitrogen and oxygen atoms in total. The van der Waals surface area contributed by atoms with Crippen LogP contribution in [0.1, 0.15) is 25.3 Å². The lowest BCUT2D eigenvalue weighted by Gasteiger charge is -2.27. The Kier molecular flexibility index (Phi) is 7.58. The molecule has 12 heteroatoms. The fraction of sp³-hybridized carbons (Fsp3) is 0.500. The van der Waals surface area contributed by atoms with E-state index in [2.05, 4.69) is 30.3 Å². The van der Waals surface area contributed by atoms with Crippen molar-refractivity contribution < 1.29 is 23.7 Å². The Hall–Kier alpha value is -3.67. The number of nitrogens with zero attached hydrogens (tertiary/aromatic N) is 6. The van der Waals surface area contributed by atoms with E-state index in [-0.39, 0.29) is 5.75 Å². The number of methoxy groups -OCH3 is 2. The number of ether oxygens (including phenoxy) is 4. The number of hydrogen-bond acceptors (Lipinski definition) is 12. The first-order valence-electron chi connectivity index (χ1n) is 11.1. The molecular weight excluding hydrogens is 442 g/mol. The van der Waals surface area contributed by atoms with Crippen molar-refractivity contribution >= 4 is 30.0 Å². The molecule has 0 radical (unpaired) electrons. The van der Waals surface area contributed by atoms with Gasteiger partial charge in [0.1, 0.15) is 0 Å². The van der Waals surface area contributed by atoms with Crippen LogP contribution in [0.15, 0.2) is 17.2 Å². The van der Waals surface area contributed by atoms with Gasteiger partial charge < -0.3 is 28.7 Å². The number of morpholine rings is 1. The molecule has 1 aromatic heterocycles. The van der Waals surface area contributed by atoms with Gasteiger partial charge in [-0.3, -0.25) is 4.79 Å². The van der Waals surface area contributed by atoms with Gasteiger partial charge in [-0.1, -0.05) is 0 Å². The van der Waals surface area contributed by atoms with Crippen molar-refractivity contribution in [1.82, 2.24) is 15.0 Å². The highest BCUT2D eigenvalue weighted by atomic mass is 16.6. The number of hydrazone groups is 1. The molecule has 2 fully saturated rings. The van der Waals surface area contributed by atoms with Gasteiger partial charge in [0, 0.05) is 38.7 Å². The first-order valence-corrected chi connectivity index (χ1v) is 11.1. The number of esters is 1. The van der Waals surface area contributed by atoms with E-state index in [9.17, 15) is 4.79 Å². The van der Waals surface area contributed by atoms with Crippen LogP contribution in [0.5, 0.6) is 17.2 Å². The molecule has 2 aliphatic heterocycles. The maximum atomic E-state index is 11.4. The fourth-order valence-corrected chi connectivity index (χ4v) is 3.75. The van der Waals surface area contributed by atoms with Crippen LogP contribution in [0.3, 0.4) is 0 Å². The Morgan fingerprint density at radius 1 is 1.00 bits per heavy atom. The summed E-state index contributed by atoms with van der Waals surface area (Å²) >= 11 is 0. The standard InChI is InChI=1S/C22H29N7O5/c1-15(30)34-19-17(31-2)12-16(13-18(19)32-3)14-23-27-20-24-21(28-6-4-5-7-28)26-22(25-20)29-8-10-33-11-9-29/h12-14H,4-11H2,1-3H3,(H,24,25,26,27)/b23-14-. The maximum Gasteiger partial charge on any atom is 0.308 e. The largest absolute Gasteiger partial charge is 0.493 e. The molecule has 0 aliphatic carbocycles. The lowest BCUT2D eigenvalue weighted by Crippen LogP contribution is -2.38. The first-order chi connectivity index (χ1) is 16.6. The molecule has 0 unspecified atom stereocenters. The Morgan fingerprint density at radius 3 is 2.15 bits per heavy atom. The van der Waals surface area contributed by atoms with Gasteiger partial charge in [-0.2, -0.15) is 20.1 Å². The smallest absolute Gasteiger partial charge is 0.308 e. The Balaban J connectivity index is 1.56. The molecule has 0 saturated carbocycles. The van der Waals surface area contributed by atoms with Gasteiger partial charge in [0.15, 0.2) is 11.5 Å². The number of anilines is 3. The van der Waals surface area contributed by atoms with Crippen LogP contribution < -0.4 is 29.4 Å². The third-order valence-electron chi connectivity index (χ3n) is 5.40. The number of aromatic nitrogens is 3. The number of nitrogens with one attached hydrogen (secondary N) is 1. The molecule has 0 atom stereocenters. The van der Waals surface area contributed by atoms with E-state index < -0.39 is 5.97 Å². The molecule has 182 valence electrons. The van der Waals surface area contributed by atoms with Crippen LogP contribution in [0.25, 0.3) is 0 Å². The van der Waals surface area contributed by atoms with E-state index in [0.29, 0.717) is 48.1 Å². The summed E-state index contributed by atoms with van der Waals surface area (Å²) in [7, 11) is 2.97.